The van der Waals surface area contributed by atoms with E-state index >= 15 is 0 Å². The Labute approximate surface area is 177 Å². The van der Waals surface area contributed by atoms with Crippen LogP contribution in [0.2, 0.25) is 5.02 Å². The number of amides is 1. The van der Waals surface area contributed by atoms with E-state index in [-0.39, 0.29) is 23.5 Å². The van der Waals surface area contributed by atoms with Crippen molar-refractivity contribution in [2.45, 2.75) is 19.5 Å². The zero-order valence-corrected chi connectivity index (χ0v) is 17.0. The minimum Gasteiger partial charge on any atom is -0.506 e. The fourth-order valence-electron chi connectivity index (χ4n) is 3.28. The monoisotopic (exact) mass is 431 g/mol. The smallest absolute Gasteiger partial charge is 0.251 e. The normalized spacial score (nSPS) is 17.6. The molecule has 9 heteroatoms. The van der Waals surface area contributed by atoms with Crippen LogP contribution >= 0.6 is 23.8 Å². The van der Waals surface area contributed by atoms with Crippen LogP contribution in [0.3, 0.4) is 0 Å². The number of thiocarbonyl (C=S) groups is 1. The number of rotatable bonds is 4. The number of nitrogens with one attached hydrogen (secondary N) is 3. The van der Waals surface area contributed by atoms with Crippen LogP contribution in [-0.4, -0.2) is 22.9 Å². The molecule has 0 saturated heterocycles. The Bertz CT molecular complexity index is 1040. The molecule has 1 amide bonds. The van der Waals surface area contributed by atoms with Crippen LogP contribution in [0.15, 0.2) is 47.7 Å². The minimum atomic E-state index is -0.501. The number of carbonyl (C=O) groups excluding carboxylic acids is 1. The van der Waals surface area contributed by atoms with E-state index in [0.29, 0.717) is 40.0 Å². The summed E-state index contributed by atoms with van der Waals surface area (Å²) in [5.41, 5.74) is 2.73. The van der Waals surface area contributed by atoms with Crippen molar-refractivity contribution in [3.05, 3.63) is 63.8 Å². The molecule has 1 unspecified atom stereocenters. The third-order valence-corrected chi connectivity index (χ3v) is 5.23. The molecule has 0 aliphatic carbocycles. The van der Waals surface area contributed by atoms with Gasteiger partial charge in [-0.05, 0) is 54.5 Å². The molecule has 2 aliphatic rings. The molecule has 4 N–H and O–H groups in total. The second kappa shape index (κ2) is 7.81. The number of ether oxygens (including phenoxy) is 2. The Morgan fingerprint density at radius 2 is 2.07 bits per heavy atom. The summed E-state index contributed by atoms with van der Waals surface area (Å²) in [4.78, 5) is 13.0. The van der Waals surface area contributed by atoms with Crippen LogP contribution in [0, 0.1) is 0 Å². The Kier molecular flexibility index (Phi) is 5.21. The van der Waals surface area contributed by atoms with Crippen LogP contribution in [-0.2, 0) is 11.3 Å². The van der Waals surface area contributed by atoms with Crippen molar-refractivity contribution in [3.8, 4) is 17.2 Å². The molecular formula is C20H18ClN3O4S. The first kappa shape index (κ1) is 19.4. The molecule has 0 aromatic heterocycles. The molecule has 0 bridgehead atoms. The molecule has 2 aliphatic heterocycles. The lowest BCUT2D eigenvalue weighted by Crippen LogP contribution is -2.46. The number of phenols is 1. The maximum atomic E-state index is 13.0. The van der Waals surface area contributed by atoms with Crippen molar-refractivity contribution in [1.82, 2.24) is 16.0 Å². The summed E-state index contributed by atoms with van der Waals surface area (Å²) in [6.45, 7) is 2.31. The van der Waals surface area contributed by atoms with Crippen molar-refractivity contribution in [2.75, 3.05) is 6.79 Å². The van der Waals surface area contributed by atoms with Crippen molar-refractivity contribution in [2.24, 2.45) is 0 Å². The molecule has 1 atom stereocenters. The highest BCUT2D eigenvalue weighted by molar-refractivity contribution is 7.80. The van der Waals surface area contributed by atoms with Gasteiger partial charge < -0.3 is 30.5 Å². The quantitative estimate of drug-likeness (QED) is 0.553. The molecule has 2 heterocycles. The SMILES string of the molecule is CC1=C(C(=O)NCc2ccc3c(c2)OCO3)C(c2ccc(O)c(Cl)c2)NC(=S)N1. The van der Waals surface area contributed by atoms with E-state index < -0.39 is 6.04 Å². The summed E-state index contributed by atoms with van der Waals surface area (Å²) in [6, 6.07) is 9.83. The molecule has 29 heavy (non-hydrogen) atoms. The van der Waals surface area contributed by atoms with E-state index in [1.54, 1.807) is 19.1 Å². The van der Waals surface area contributed by atoms with Gasteiger partial charge in [-0.25, -0.2) is 0 Å². The van der Waals surface area contributed by atoms with E-state index in [1.165, 1.54) is 6.07 Å². The minimum absolute atomic E-state index is 0.0264. The number of phenolic OH excluding ortho intramolecular Hbond substituents is 1. The van der Waals surface area contributed by atoms with Gasteiger partial charge in [-0.1, -0.05) is 23.7 Å². The summed E-state index contributed by atoms with van der Waals surface area (Å²) in [7, 11) is 0. The van der Waals surface area contributed by atoms with Gasteiger partial charge >= 0.3 is 0 Å². The number of hydrogen-bond acceptors (Lipinski definition) is 5. The lowest BCUT2D eigenvalue weighted by molar-refractivity contribution is -0.118. The fourth-order valence-corrected chi connectivity index (χ4v) is 3.74. The lowest BCUT2D eigenvalue weighted by atomic mass is 9.95. The standard InChI is InChI=1S/C20H18ClN3O4S/c1-10-17(18(24-20(29)23-10)12-3-4-14(25)13(21)7-12)19(26)22-8-11-2-5-15-16(6-11)28-9-27-15/h2-7,18,25H,8-9H2,1H3,(H,22,26)(H2,23,24,29). The number of hydrogen-bond donors (Lipinski definition) is 4. The molecule has 2 aromatic rings. The Balaban J connectivity index is 1.56. The van der Waals surface area contributed by atoms with Crippen molar-refractivity contribution in [3.63, 3.8) is 0 Å². The second-order valence-electron chi connectivity index (χ2n) is 6.65. The molecule has 7 nitrogen and oxygen atoms in total. The topological polar surface area (TPSA) is 91.9 Å². The van der Waals surface area contributed by atoms with Gasteiger partial charge in [0.15, 0.2) is 16.6 Å². The van der Waals surface area contributed by atoms with Crippen LogP contribution < -0.4 is 25.4 Å². The number of aromatic hydroxyl groups is 1. The zero-order valence-electron chi connectivity index (χ0n) is 15.4. The molecule has 0 saturated carbocycles. The van der Waals surface area contributed by atoms with E-state index in [1.807, 2.05) is 18.2 Å². The van der Waals surface area contributed by atoms with Crippen molar-refractivity contribution >= 4 is 34.8 Å². The number of fused-ring (bicyclic) bond motifs is 1. The zero-order chi connectivity index (χ0) is 20.5. The molecular weight excluding hydrogens is 414 g/mol. The van der Waals surface area contributed by atoms with Crippen LogP contribution in [0.4, 0.5) is 0 Å². The average Bonchev–Trinajstić information content (AvgIpc) is 3.15. The molecule has 150 valence electrons. The molecule has 0 radical (unpaired) electrons. The number of carbonyl (C=O) groups is 1. The third-order valence-electron chi connectivity index (χ3n) is 4.71. The summed E-state index contributed by atoms with van der Waals surface area (Å²) >= 11 is 11.3. The Hall–Kier alpha value is -2.97. The first-order valence-electron chi connectivity index (χ1n) is 8.86. The summed E-state index contributed by atoms with van der Waals surface area (Å²) in [5, 5.41) is 19.3. The van der Waals surface area contributed by atoms with E-state index in [9.17, 15) is 9.90 Å². The van der Waals surface area contributed by atoms with Gasteiger partial charge in [0.2, 0.25) is 6.79 Å². The van der Waals surface area contributed by atoms with Crippen molar-refractivity contribution in [1.29, 1.82) is 0 Å². The highest BCUT2D eigenvalue weighted by Crippen LogP contribution is 2.33. The van der Waals surface area contributed by atoms with Crippen LogP contribution in [0.25, 0.3) is 0 Å². The third kappa shape index (κ3) is 3.94. The molecule has 0 fully saturated rings. The molecule has 4 rings (SSSR count). The van der Waals surface area contributed by atoms with E-state index in [0.717, 1.165) is 5.56 Å². The predicted molar refractivity (Wildman–Crippen MR) is 112 cm³/mol. The van der Waals surface area contributed by atoms with E-state index in [4.69, 9.17) is 33.3 Å². The molecule has 2 aromatic carbocycles. The number of allylic oxidation sites excluding steroid dienone is 1. The van der Waals surface area contributed by atoms with Gasteiger partial charge in [-0.3, -0.25) is 4.79 Å². The van der Waals surface area contributed by atoms with Gasteiger partial charge in [-0.15, -0.1) is 0 Å². The molecule has 0 spiro atoms. The maximum Gasteiger partial charge on any atom is 0.251 e. The summed E-state index contributed by atoms with van der Waals surface area (Å²) < 4.78 is 10.7. The first-order valence-corrected chi connectivity index (χ1v) is 9.64. The Morgan fingerprint density at radius 1 is 1.28 bits per heavy atom. The van der Waals surface area contributed by atoms with Crippen molar-refractivity contribution < 1.29 is 19.4 Å². The largest absolute Gasteiger partial charge is 0.506 e. The van der Waals surface area contributed by atoms with Crippen LogP contribution in [0.1, 0.15) is 24.1 Å². The number of halogens is 1. The predicted octanol–water partition coefficient (Wildman–Crippen LogP) is 2.88. The average molecular weight is 432 g/mol. The van der Waals surface area contributed by atoms with Gasteiger partial charge in [0, 0.05) is 12.2 Å². The first-order chi connectivity index (χ1) is 13.9. The maximum absolute atomic E-state index is 13.0. The van der Waals surface area contributed by atoms with Gasteiger partial charge in [-0.2, -0.15) is 0 Å². The number of benzene rings is 2. The second-order valence-corrected chi connectivity index (χ2v) is 7.47. The summed E-state index contributed by atoms with van der Waals surface area (Å²) in [6.07, 6.45) is 0. The van der Waals surface area contributed by atoms with Crippen LogP contribution in [0.5, 0.6) is 17.2 Å². The van der Waals surface area contributed by atoms with Gasteiger partial charge in [0.1, 0.15) is 5.75 Å². The van der Waals surface area contributed by atoms with E-state index in [2.05, 4.69) is 16.0 Å². The highest BCUT2D eigenvalue weighted by atomic mass is 35.5. The Morgan fingerprint density at radius 3 is 2.86 bits per heavy atom. The van der Waals surface area contributed by atoms with Gasteiger partial charge in [0.05, 0.1) is 16.6 Å². The lowest BCUT2D eigenvalue weighted by Gasteiger charge is -2.30. The summed E-state index contributed by atoms with van der Waals surface area (Å²) in [5.74, 6) is 1.07. The fraction of sp³-hybridized carbons (Fsp3) is 0.200. The highest BCUT2D eigenvalue weighted by Gasteiger charge is 2.30. The van der Waals surface area contributed by atoms with Gasteiger partial charge in [0.25, 0.3) is 5.91 Å².